The maximum atomic E-state index is 12.6. The van der Waals surface area contributed by atoms with Crippen molar-refractivity contribution in [3.63, 3.8) is 0 Å². The lowest BCUT2D eigenvalue weighted by molar-refractivity contribution is -0.125. The standard InChI is InChI=1S/C16H27N3O2S/c1-12-5-8-17-14(20)13(12)18-15(21)19-9-10-22-16(11-19)6-3-2-4-7-16/h12-13H,2-11H2,1H3,(H,17,20)(H,18,21)/t12-,13-/m0/s1. The highest BCUT2D eigenvalue weighted by Gasteiger charge is 2.40. The van der Waals surface area contributed by atoms with E-state index < -0.39 is 0 Å². The van der Waals surface area contributed by atoms with Gasteiger partial charge in [-0.25, -0.2) is 4.79 Å². The fourth-order valence-electron chi connectivity index (χ4n) is 3.91. The highest BCUT2D eigenvalue weighted by Crippen LogP contribution is 2.42. The van der Waals surface area contributed by atoms with E-state index in [9.17, 15) is 9.59 Å². The minimum Gasteiger partial charge on any atom is -0.354 e. The number of rotatable bonds is 1. The van der Waals surface area contributed by atoms with E-state index in [4.69, 9.17) is 0 Å². The van der Waals surface area contributed by atoms with E-state index in [-0.39, 0.29) is 28.6 Å². The van der Waals surface area contributed by atoms with Crippen molar-refractivity contribution >= 4 is 23.7 Å². The number of urea groups is 1. The van der Waals surface area contributed by atoms with Crippen LogP contribution in [0.1, 0.15) is 45.4 Å². The van der Waals surface area contributed by atoms with Crippen molar-refractivity contribution in [2.45, 2.75) is 56.2 Å². The van der Waals surface area contributed by atoms with Crippen LogP contribution < -0.4 is 10.6 Å². The van der Waals surface area contributed by atoms with Gasteiger partial charge in [0.05, 0.1) is 0 Å². The van der Waals surface area contributed by atoms with E-state index in [0.29, 0.717) is 0 Å². The Bertz CT molecular complexity index is 432. The van der Waals surface area contributed by atoms with Gasteiger partial charge >= 0.3 is 6.03 Å². The number of hydrogen-bond acceptors (Lipinski definition) is 3. The summed E-state index contributed by atoms with van der Waals surface area (Å²) in [6, 6.07) is -0.433. The van der Waals surface area contributed by atoms with Crippen molar-refractivity contribution < 1.29 is 9.59 Å². The zero-order valence-corrected chi connectivity index (χ0v) is 14.2. The Balaban J connectivity index is 1.60. The van der Waals surface area contributed by atoms with E-state index in [1.54, 1.807) is 0 Å². The lowest BCUT2D eigenvalue weighted by Gasteiger charge is -2.45. The fraction of sp³-hybridized carbons (Fsp3) is 0.875. The maximum Gasteiger partial charge on any atom is 0.318 e. The number of carbonyl (C=O) groups is 2. The molecule has 0 aromatic heterocycles. The zero-order valence-electron chi connectivity index (χ0n) is 13.4. The summed E-state index contributed by atoms with van der Waals surface area (Å²) in [4.78, 5) is 26.5. The van der Waals surface area contributed by atoms with Crippen molar-refractivity contribution in [3.05, 3.63) is 0 Å². The lowest BCUT2D eigenvalue weighted by Crippen LogP contribution is -2.59. The summed E-state index contributed by atoms with van der Waals surface area (Å²) in [5.74, 6) is 1.19. The largest absolute Gasteiger partial charge is 0.354 e. The fourth-order valence-corrected chi connectivity index (χ4v) is 5.48. The number of nitrogens with zero attached hydrogens (tertiary/aromatic N) is 1. The summed E-state index contributed by atoms with van der Waals surface area (Å²) >= 11 is 2.05. The number of piperidine rings is 1. The Morgan fingerprint density at radius 3 is 2.86 bits per heavy atom. The number of amides is 3. The third kappa shape index (κ3) is 3.36. The molecule has 3 aliphatic rings. The number of carbonyl (C=O) groups excluding carboxylic acids is 2. The van der Waals surface area contributed by atoms with Crippen LogP contribution in [0.4, 0.5) is 4.79 Å². The molecular formula is C16H27N3O2S. The second-order valence-electron chi connectivity index (χ2n) is 7.00. The molecule has 6 heteroatoms. The molecule has 2 aliphatic heterocycles. The lowest BCUT2D eigenvalue weighted by atomic mass is 9.87. The molecule has 0 radical (unpaired) electrons. The molecule has 1 spiro atoms. The van der Waals surface area contributed by atoms with Crippen LogP contribution in [0.5, 0.6) is 0 Å². The Hall–Kier alpha value is -0.910. The minimum atomic E-state index is -0.377. The summed E-state index contributed by atoms with van der Waals surface area (Å²) in [7, 11) is 0. The molecule has 124 valence electrons. The highest BCUT2D eigenvalue weighted by molar-refractivity contribution is 8.00. The molecular weight excluding hydrogens is 298 g/mol. The van der Waals surface area contributed by atoms with Gasteiger partial charge in [-0.15, -0.1) is 0 Å². The summed E-state index contributed by atoms with van der Waals surface area (Å²) in [6.45, 7) is 4.39. The average molecular weight is 325 g/mol. The molecule has 5 nitrogen and oxygen atoms in total. The van der Waals surface area contributed by atoms with Gasteiger partial charge in [-0.3, -0.25) is 4.79 Å². The molecule has 2 atom stereocenters. The van der Waals surface area contributed by atoms with Gasteiger partial charge in [-0.2, -0.15) is 11.8 Å². The second kappa shape index (κ2) is 6.69. The Labute approximate surface area is 137 Å². The smallest absolute Gasteiger partial charge is 0.318 e. The first kappa shape index (κ1) is 16.0. The molecule has 2 heterocycles. The van der Waals surface area contributed by atoms with Gasteiger partial charge in [-0.1, -0.05) is 26.2 Å². The predicted molar refractivity (Wildman–Crippen MR) is 89.0 cm³/mol. The third-order valence-corrected chi connectivity index (χ3v) is 6.87. The van der Waals surface area contributed by atoms with Gasteiger partial charge in [0.25, 0.3) is 0 Å². The molecule has 0 aromatic carbocycles. The molecule has 1 saturated carbocycles. The van der Waals surface area contributed by atoms with Crippen molar-refractivity contribution in [1.29, 1.82) is 0 Å². The normalized spacial score (nSPS) is 31.7. The van der Waals surface area contributed by atoms with Gasteiger partial charge in [0, 0.05) is 30.1 Å². The number of hydrogen-bond donors (Lipinski definition) is 2. The summed E-state index contributed by atoms with van der Waals surface area (Å²) in [6.07, 6.45) is 7.27. The topological polar surface area (TPSA) is 61.4 Å². The van der Waals surface area contributed by atoms with E-state index in [0.717, 1.165) is 31.8 Å². The maximum absolute atomic E-state index is 12.6. The van der Waals surface area contributed by atoms with Crippen LogP contribution in [0.15, 0.2) is 0 Å². The molecule has 3 fully saturated rings. The van der Waals surface area contributed by atoms with Gasteiger partial charge in [0.15, 0.2) is 0 Å². The Morgan fingerprint density at radius 1 is 1.36 bits per heavy atom. The molecule has 0 aromatic rings. The monoisotopic (exact) mass is 325 g/mol. The first-order valence-corrected chi connectivity index (χ1v) is 9.55. The predicted octanol–water partition coefficient (Wildman–Crippen LogP) is 1.97. The first-order chi connectivity index (χ1) is 10.6. The van der Waals surface area contributed by atoms with Crippen molar-refractivity contribution in [2.24, 2.45) is 5.92 Å². The van der Waals surface area contributed by atoms with Gasteiger partial charge < -0.3 is 15.5 Å². The molecule has 1 aliphatic carbocycles. The Morgan fingerprint density at radius 2 is 2.14 bits per heavy atom. The molecule has 3 amide bonds. The van der Waals surface area contributed by atoms with Crippen LogP contribution >= 0.6 is 11.8 Å². The summed E-state index contributed by atoms with van der Waals surface area (Å²) in [5, 5.41) is 5.83. The van der Waals surface area contributed by atoms with Crippen LogP contribution in [0, 0.1) is 5.92 Å². The van der Waals surface area contributed by atoms with E-state index >= 15 is 0 Å². The number of thioether (sulfide) groups is 1. The molecule has 0 unspecified atom stereocenters. The molecule has 22 heavy (non-hydrogen) atoms. The summed E-state index contributed by atoms with van der Waals surface area (Å²) in [5.41, 5.74) is 0. The van der Waals surface area contributed by atoms with Crippen LogP contribution in [0.2, 0.25) is 0 Å². The Kier molecular flexibility index (Phi) is 4.85. The van der Waals surface area contributed by atoms with Gasteiger partial charge in [0.2, 0.25) is 5.91 Å². The minimum absolute atomic E-state index is 0.0362. The second-order valence-corrected chi connectivity index (χ2v) is 8.56. The van der Waals surface area contributed by atoms with Gasteiger partial charge in [-0.05, 0) is 25.2 Å². The molecule has 0 bridgehead atoms. The number of nitrogens with one attached hydrogen (secondary N) is 2. The SMILES string of the molecule is C[C@H]1CCNC(=O)[C@H]1NC(=O)N1CCSC2(CCCCC2)C1. The quantitative estimate of drug-likeness (QED) is 0.775. The van der Waals surface area contributed by atoms with Crippen LogP contribution in [-0.4, -0.2) is 53.0 Å². The van der Waals surface area contributed by atoms with Crippen molar-refractivity contribution in [3.8, 4) is 0 Å². The zero-order chi connectivity index (χ0) is 15.6. The van der Waals surface area contributed by atoms with E-state index in [2.05, 4.69) is 22.4 Å². The first-order valence-electron chi connectivity index (χ1n) is 8.57. The highest BCUT2D eigenvalue weighted by atomic mass is 32.2. The van der Waals surface area contributed by atoms with Crippen LogP contribution in [0.25, 0.3) is 0 Å². The molecule has 2 saturated heterocycles. The molecule has 2 N–H and O–H groups in total. The van der Waals surface area contributed by atoms with Gasteiger partial charge in [0.1, 0.15) is 6.04 Å². The van der Waals surface area contributed by atoms with Crippen LogP contribution in [-0.2, 0) is 4.79 Å². The van der Waals surface area contributed by atoms with Crippen LogP contribution in [0.3, 0.4) is 0 Å². The van der Waals surface area contributed by atoms with E-state index in [1.807, 2.05) is 11.8 Å². The van der Waals surface area contributed by atoms with Crippen molar-refractivity contribution in [2.75, 3.05) is 25.4 Å². The van der Waals surface area contributed by atoms with Crippen molar-refractivity contribution in [1.82, 2.24) is 15.5 Å². The average Bonchev–Trinajstić information content (AvgIpc) is 2.52. The summed E-state index contributed by atoms with van der Waals surface area (Å²) < 4.78 is 0.272. The van der Waals surface area contributed by atoms with E-state index in [1.165, 1.54) is 32.1 Å². The third-order valence-electron chi connectivity index (χ3n) is 5.33. The molecule has 3 rings (SSSR count).